The highest BCUT2D eigenvalue weighted by Crippen LogP contribution is 2.33. The van der Waals surface area contributed by atoms with Crippen LogP contribution in [0.2, 0.25) is 0 Å². The molecule has 0 aliphatic carbocycles. The quantitative estimate of drug-likeness (QED) is 0.179. The molecule has 1 fully saturated rings. The average Bonchev–Trinajstić information content (AvgIpc) is 3.53. The fourth-order valence-electron chi connectivity index (χ4n) is 4.98. The number of furan rings is 1. The van der Waals surface area contributed by atoms with Gasteiger partial charge in [0.2, 0.25) is 5.91 Å². The minimum atomic E-state index is -0.697. The van der Waals surface area contributed by atoms with Gasteiger partial charge in [-0.15, -0.1) is 0 Å². The standard InChI is InChI=1S/C33H32N6O5/c1-20(40)29-13-14-30(44-29)23-5-12-27-28(19-23)37-31(38-32(27)39-15-17-43-18-16-39)22-3-6-25(7-4-22)35-33(42)36-26-10-8-24(9-11-26)34-21(2)41/h3-14,19-20,40H,15-18H2,1-2H3,(H,34,41)(H2,35,36,42). The minimum Gasteiger partial charge on any atom is -0.458 e. The molecule has 11 heteroatoms. The fraction of sp³-hybridized carbons (Fsp3) is 0.212. The third kappa shape index (κ3) is 6.54. The molecule has 224 valence electrons. The van der Waals surface area contributed by atoms with Gasteiger partial charge in [0.15, 0.2) is 5.82 Å². The molecule has 44 heavy (non-hydrogen) atoms. The number of anilines is 4. The van der Waals surface area contributed by atoms with Gasteiger partial charge in [0, 0.05) is 53.6 Å². The van der Waals surface area contributed by atoms with Crippen molar-refractivity contribution >= 4 is 45.7 Å². The van der Waals surface area contributed by atoms with Gasteiger partial charge >= 0.3 is 6.03 Å². The van der Waals surface area contributed by atoms with E-state index in [1.165, 1.54) is 6.92 Å². The number of urea groups is 1. The predicted octanol–water partition coefficient (Wildman–Crippen LogP) is 6.05. The van der Waals surface area contributed by atoms with Crippen molar-refractivity contribution < 1.29 is 23.8 Å². The third-order valence-corrected chi connectivity index (χ3v) is 7.17. The Hall–Kier alpha value is -5.26. The van der Waals surface area contributed by atoms with Crippen molar-refractivity contribution in [3.63, 3.8) is 0 Å². The van der Waals surface area contributed by atoms with Crippen molar-refractivity contribution in [3.8, 4) is 22.7 Å². The predicted molar refractivity (Wildman–Crippen MR) is 170 cm³/mol. The van der Waals surface area contributed by atoms with Gasteiger partial charge in [0.05, 0.1) is 18.7 Å². The average molecular weight is 593 g/mol. The van der Waals surface area contributed by atoms with Crippen LogP contribution in [0.25, 0.3) is 33.6 Å². The number of amides is 3. The van der Waals surface area contributed by atoms with Crippen LogP contribution in [0.4, 0.5) is 27.7 Å². The smallest absolute Gasteiger partial charge is 0.323 e. The number of morpholine rings is 1. The molecule has 1 aliphatic heterocycles. The van der Waals surface area contributed by atoms with Gasteiger partial charge in [-0.1, -0.05) is 6.07 Å². The van der Waals surface area contributed by atoms with Crippen LogP contribution in [-0.2, 0) is 9.53 Å². The van der Waals surface area contributed by atoms with Crippen LogP contribution in [0, 0.1) is 0 Å². The van der Waals surface area contributed by atoms with Gasteiger partial charge in [-0.05, 0) is 79.7 Å². The monoisotopic (exact) mass is 592 g/mol. The second-order valence-electron chi connectivity index (χ2n) is 10.5. The molecular formula is C33H32N6O5. The van der Waals surface area contributed by atoms with E-state index in [9.17, 15) is 14.7 Å². The molecule has 2 aromatic heterocycles. The Labute approximate surface area is 253 Å². The van der Waals surface area contributed by atoms with Crippen molar-refractivity contribution in [1.29, 1.82) is 0 Å². The number of nitrogens with zero attached hydrogens (tertiary/aromatic N) is 3. The molecular weight excluding hydrogens is 560 g/mol. The molecule has 6 rings (SSSR count). The highest BCUT2D eigenvalue weighted by molar-refractivity contribution is 6.00. The van der Waals surface area contributed by atoms with Gasteiger partial charge in [0.1, 0.15) is 23.4 Å². The van der Waals surface area contributed by atoms with Gasteiger partial charge < -0.3 is 35.1 Å². The van der Waals surface area contributed by atoms with E-state index in [1.54, 1.807) is 49.4 Å². The molecule has 0 spiro atoms. The summed E-state index contributed by atoms with van der Waals surface area (Å²) >= 11 is 0. The zero-order valence-electron chi connectivity index (χ0n) is 24.3. The summed E-state index contributed by atoms with van der Waals surface area (Å²) in [5.41, 5.74) is 4.23. The molecule has 1 unspecified atom stereocenters. The number of benzene rings is 3. The van der Waals surface area contributed by atoms with Gasteiger partial charge in [-0.2, -0.15) is 0 Å². The second kappa shape index (κ2) is 12.5. The molecule has 4 N–H and O–H groups in total. The molecule has 0 bridgehead atoms. The number of hydrogen-bond acceptors (Lipinski definition) is 8. The van der Waals surface area contributed by atoms with Gasteiger partial charge in [-0.25, -0.2) is 14.8 Å². The molecule has 1 atom stereocenters. The fourth-order valence-corrected chi connectivity index (χ4v) is 4.98. The Bertz CT molecular complexity index is 1790. The van der Waals surface area contributed by atoms with E-state index in [1.807, 2.05) is 36.4 Å². The highest BCUT2D eigenvalue weighted by Gasteiger charge is 2.19. The SMILES string of the molecule is CC(=O)Nc1ccc(NC(=O)Nc2ccc(-c3nc(N4CCOCC4)c4ccc(-c5ccc(C(C)O)o5)cc4n3)cc2)cc1. The number of aliphatic hydroxyl groups is 1. The molecule has 3 heterocycles. The maximum atomic E-state index is 12.6. The van der Waals surface area contributed by atoms with Crippen LogP contribution in [0.1, 0.15) is 25.7 Å². The Balaban J connectivity index is 1.25. The Kier molecular flexibility index (Phi) is 8.22. The van der Waals surface area contributed by atoms with Crippen molar-refractivity contribution in [3.05, 3.63) is 84.6 Å². The maximum absolute atomic E-state index is 12.6. The first-order valence-corrected chi connectivity index (χ1v) is 14.3. The molecule has 3 amide bonds. The van der Waals surface area contributed by atoms with E-state index in [0.717, 1.165) is 40.9 Å². The number of aliphatic hydroxyl groups excluding tert-OH is 1. The maximum Gasteiger partial charge on any atom is 0.323 e. The lowest BCUT2D eigenvalue weighted by Crippen LogP contribution is -2.37. The lowest BCUT2D eigenvalue weighted by molar-refractivity contribution is -0.114. The molecule has 1 aliphatic rings. The van der Waals surface area contributed by atoms with Crippen molar-refractivity contribution in [2.45, 2.75) is 20.0 Å². The number of ether oxygens (including phenoxy) is 1. The second-order valence-corrected chi connectivity index (χ2v) is 10.5. The summed E-state index contributed by atoms with van der Waals surface area (Å²) < 4.78 is 11.4. The number of rotatable bonds is 7. The molecule has 3 aromatic carbocycles. The number of nitrogens with one attached hydrogen (secondary N) is 3. The Morgan fingerprint density at radius 2 is 1.43 bits per heavy atom. The number of hydrogen-bond donors (Lipinski definition) is 4. The molecule has 1 saturated heterocycles. The van der Waals surface area contributed by atoms with Crippen molar-refractivity contribution in [2.75, 3.05) is 47.2 Å². The Morgan fingerprint density at radius 3 is 2.05 bits per heavy atom. The third-order valence-electron chi connectivity index (χ3n) is 7.17. The topological polar surface area (TPSA) is 142 Å². The van der Waals surface area contributed by atoms with E-state index in [-0.39, 0.29) is 5.91 Å². The van der Waals surface area contributed by atoms with Crippen molar-refractivity contribution in [1.82, 2.24) is 9.97 Å². The van der Waals surface area contributed by atoms with Crippen molar-refractivity contribution in [2.24, 2.45) is 0 Å². The van der Waals surface area contributed by atoms with Crippen LogP contribution in [0.5, 0.6) is 0 Å². The van der Waals surface area contributed by atoms with E-state index in [0.29, 0.717) is 47.6 Å². The largest absolute Gasteiger partial charge is 0.458 e. The first kappa shape index (κ1) is 28.8. The number of carbonyl (C=O) groups is 2. The summed E-state index contributed by atoms with van der Waals surface area (Å²) in [5, 5.41) is 19.1. The van der Waals surface area contributed by atoms with E-state index < -0.39 is 12.1 Å². The lowest BCUT2D eigenvalue weighted by Gasteiger charge is -2.29. The number of aromatic nitrogens is 2. The first-order chi connectivity index (χ1) is 21.3. The molecule has 0 radical (unpaired) electrons. The summed E-state index contributed by atoms with van der Waals surface area (Å²) in [6.07, 6.45) is -0.697. The first-order valence-electron chi connectivity index (χ1n) is 14.3. The normalized spacial score (nSPS) is 13.8. The summed E-state index contributed by atoms with van der Waals surface area (Å²) in [6, 6.07) is 23.3. The van der Waals surface area contributed by atoms with E-state index >= 15 is 0 Å². The zero-order chi connectivity index (χ0) is 30.6. The van der Waals surface area contributed by atoms with Crippen LogP contribution in [0.3, 0.4) is 0 Å². The summed E-state index contributed by atoms with van der Waals surface area (Å²) in [5.74, 6) is 2.36. The van der Waals surface area contributed by atoms with E-state index in [4.69, 9.17) is 19.1 Å². The van der Waals surface area contributed by atoms with Gasteiger partial charge in [-0.3, -0.25) is 4.79 Å². The summed E-state index contributed by atoms with van der Waals surface area (Å²) in [6.45, 7) is 5.78. The summed E-state index contributed by atoms with van der Waals surface area (Å²) in [7, 11) is 0. The summed E-state index contributed by atoms with van der Waals surface area (Å²) in [4.78, 5) is 35.9. The molecule has 5 aromatic rings. The Morgan fingerprint density at radius 1 is 0.818 bits per heavy atom. The number of carbonyl (C=O) groups excluding carboxylic acids is 2. The minimum absolute atomic E-state index is 0.163. The van der Waals surface area contributed by atoms with Crippen LogP contribution >= 0.6 is 0 Å². The molecule has 0 saturated carbocycles. The lowest BCUT2D eigenvalue weighted by atomic mass is 10.1. The zero-order valence-corrected chi connectivity index (χ0v) is 24.3. The van der Waals surface area contributed by atoms with Crippen LogP contribution < -0.4 is 20.9 Å². The van der Waals surface area contributed by atoms with Crippen LogP contribution in [-0.4, -0.2) is 53.3 Å². The highest BCUT2D eigenvalue weighted by atomic mass is 16.5. The van der Waals surface area contributed by atoms with Crippen LogP contribution in [0.15, 0.2) is 83.3 Å². The van der Waals surface area contributed by atoms with E-state index in [2.05, 4.69) is 20.9 Å². The number of fused-ring (bicyclic) bond motifs is 1. The molecule has 11 nitrogen and oxygen atoms in total. The van der Waals surface area contributed by atoms with Gasteiger partial charge in [0.25, 0.3) is 0 Å².